The third kappa shape index (κ3) is 6.94. The Hall–Kier alpha value is -1.37. The van der Waals surface area contributed by atoms with Gasteiger partial charge >= 0.3 is 5.97 Å². The fraction of sp³-hybridized carbons (Fsp3) is 0.600. The number of thiocarbonyl (C=S) groups is 1. The van der Waals surface area contributed by atoms with Crippen LogP contribution in [0.5, 0.6) is 0 Å². The first-order valence-corrected chi connectivity index (χ1v) is 10.6. The van der Waals surface area contributed by atoms with Gasteiger partial charge in [0.1, 0.15) is 0 Å². The van der Waals surface area contributed by atoms with Gasteiger partial charge in [-0.1, -0.05) is 24.9 Å². The molecule has 2 rings (SSSR count). The van der Waals surface area contributed by atoms with E-state index in [2.05, 4.69) is 22.5 Å². The Morgan fingerprint density at radius 2 is 2.19 bits per heavy atom. The number of hydrogen-bond acceptors (Lipinski definition) is 4. The highest BCUT2D eigenvalue weighted by molar-refractivity contribution is 7.80. The number of benzene rings is 1. The minimum atomic E-state index is -0.419. The van der Waals surface area contributed by atoms with Crippen LogP contribution in [-0.2, 0) is 4.74 Å². The van der Waals surface area contributed by atoms with Crippen LogP contribution < -0.4 is 10.6 Å². The zero-order valence-electron chi connectivity index (χ0n) is 16.2. The molecule has 0 aromatic heterocycles. The molecule has 150 valence electrons. The maximum atomic E-state index is 11.8. The van der Waals surface area contributed by atoms with Gasteiger partial charge in [0.05, 0.1) is 17.2 Å². The molecule has 7 heteroatoms. The molecule has 0 radical (unpaired) electrons. The third-order valence-corrected chi connectivity index (χ3v) is 5.41. The molecule has 0 saturated carbocycles. The van der Waals surface area contributed by atoms with Crippen molar-refractivity contribution < 1.29 is 9.53 Å². The molecule has 0 spiro atoms. The molecule has 0 amide bonds. The molecule has 1 aromatic rings. The molecule has 0 aliphatic carbocycles. The van der Waals surface area contributed by atoms with Gasteiger partial charge in [-0.2, -0.15) is 0 Å². The van der Waals surface area contributed by atoms with E-state index in [1.54, 1.807) is 25.1 Å². The van der Waals surface area contributed by atoms with Crippen molar-refractivity contribution in [2.75, 3.05) is 31.6 Å². The Labute approximate surface area is 172 Å². The molecule has 5 nitrogen and oxygen atoms in total. The van der Waals surface area contributed by atoms with Gasteiger partial charge in [0, 0.05) is 24.8 Å². The second kappa shape index (κ2) is 11.5. The molecule has 1 aliphatic rings. The van der Waals surface area contributed by atoms with Crippen LogP contribution in [0.15, 0.2) is 18.2 Å². The van der Waals surface area contributed by atoms with Crippen molar-refractivity contribution in [3.8, 4) is 0 Å². The van der Waals surface area contributed by atoms with Crippen LogP contribution in [0.25, 0.3) is 0 Å². The number of esters is 1. The quantitative estimate of drug-likeness (QED) is 0.374. The van der Waals surface area contributed by atoms with E-state index >= 15 is 0 Å². The number of likely N-dealkylation sites (tertiary alicyclic amines) is 1. The van der Waals surface area contributed by atoms with Gasteiger partial charge in [-0.05, 0) is 69.6 Å². The molecule has 1 aromatic carbocycles. The average Bonchev–Trinajstić information content (AvgIpc) is 2.65. The Morgan fingerprint density at radius 3 is 2.89 bits per heavy atom. The first-order chi connectivity index (χ1) is 13.0. The number of anilines is 1. The van der Waals surface area contributed by atoms with Gasteiger partial charge in [-0.3, -0.25) is 0 Å². The van der Waals surface area contributed by atoms with E-state index < -0.39 is 5.97 Å². The van der Waals surface area contributed by atoms with E-state index in [1.165, 1.54) is 32.2 Å². The number of carbonyl (C=O) groups excluding carboxylic acids is 1. The molecule has 1 saturated heterocycles. The van der Waals surface area contributed by atoms with Gasteiger partial charge in [0.2, 0.25) is 0 Å². The lowest BCUT2D eigenvalue weighted by molar-refractivity contribution is 0.0526. The smallest absolute Gasteiger partial charge is 0.339 e. The van der Waals surface area contributed by atoms with Crippen LogP contribution in [-0.4, -0.2) is 48.3 Å². The number of piperidine rings is 1. The highest BCUT2D eigenvalue weighted by atomic mass is 35.5. The molecule has 27 heavy (non-hydrogen) atoms. The van der Waals surface area contributed by atoms with E-state index in [0.29, 0.717) is 22.3 Å². The predicted molar refractivity (Wildman–Crippen MR) is 116 cm³/mol. The van der Waals surface area contributed by atoms with E-state index in [0.717, 1.165) is 31.2 Å². The van der Waals surface area contributed by atoms with Crippen molar-refractivity contribution in [2.45, 2.75) is 52.0 Å². The maximum Gasteiger partial charge on any atom is 0.339 e. The van der Waals surface area contributed by atoms with Gasteiger partial charge in [0.15, 0.2) is 5.11 Å². The van der Waals surface area contributed by atoms with Crippen molar-refractivity contribution in [3.63, 3.8) is 0 Å². The van der Waals surface area contributed by atoms with Crippen LogP contribution in [0.4, 0.5) is 5.69 Å². The zero-order chi connectivity index (χ0) is 19.6. The molecular weight excluding hydrogens is 382 g/mol. The second-order valence-corrected chi connectivity index (χ2v) is 7.56. The van der Waals surface area contributed by atoms with Gasteiger partial charge < -0.3 is 20.3 Å². The number of carbonyl (C=O) groups is 1. The van der Waals surface area contributed by atoms with E-state index in [9.17, 15) is 4.79 Å². The summed E-state index contributed by atoms with van der Waals surface area (Å²) in [7, 11) is 0. The third-order valence-electron chi connectivity index (χ3n) is 4.85. The first kappa shape index (κ1) is 21.9. The lowest BCUT2D eigenvalue weighted by Gasteiger charge is -2.35. The summed E-state index contributed by atoms with van der Waals surface area (Å²) in [6.45, 7) is 7.51. The Kier molecular flexibility index (Phi) is 9.31. The van der Waals surface area contributed by atoms with Crippen molar-refractivity contribution in [2.24, 2.45) is 0 Å². The Bertz CT molecular complexity index is 642. The van der Waals surface area contributed by atoms with E-state index in [1.807, 2.05) is 0 Å². The lowest BCUT2D eigenvalue weighted by atomic mass is 10.00. The topological polar surface area (TPSA) is 53.6 Å². The Morgan fingerprint density at radius 1 is 1.37 bits per heavy atom. The van der Waals surface area contributed by atoms with Gasteiger partial charge in [-0.25, -0.2) is 4.79 Å². The second-order valence-electron chi connectivity index (χ2n) is 6.74. The average molecular weight is 412 g/mol. The minimum Gasteiger partial charge on any atom is -0.462 e. The number of ether oxygens (including phenoxy) is 1. The lowest BCUT2D eigenvalue weighted by Crippen LogP contribution is -2.40. The fourth-order valence-electron chi connectivity index (χ4n) is 3.44. The number of hydrogen-bond donors (Lipinski definition) is 2. The van der Waals surface area contributed by atoms with Crippen LogP contribution in [0.3, 0.4) is 0 Å². The number of nitrogens with zero attached hydrogens (tertiary/aromatic N) is 1. The summed E-state index contributed by atoms with van der Waals surface area (Å²) >= 11 is 11.5. The van der Waals surface area contributed by atoms with Crippen molar-refractivity contribution >= 4 is 40.6 Å². The standard InChI is InChI=1S/C20H30ClN3O2S/c1-3-16-8-5-6-12-24(16)13-7-11-22-20(27)23-15-9-10-17(18(21)14-15)19(25)26-4-2/h9-10,14,16H,3-8,11-13H2,1-2H3,(H2,22,23,27)/t16-/m0/s1. The van der Waals surface area contributed by atoms with Gasteiger partial charge in [-0.15, -0.1) is 0 Å². The number of nitrogens with one attached hydrogen (secondary N) is 2. The SMILES string of the molecule is CCOC(=O)c1ccc(NC(=S)NCCCN2CCCC[C@@H]2CC)cc1Cl. The molecular formula is C20H30ClN3O2S. The summed E-state index contributed by atoms with van der Waals surface area (Å²) in [4.78, 5) is 14.4. The largest absolute Gasteiger partial charge is 0.462 e. The number of rotatable bonds is 8. The molecule has 1 aliphatic heterocycles. The summed E-state index contributed by atoms with van der Waals surface area (Å²) in [6, 6.07) is 5.84. The van der Waals surface area contributed by atoms with Crippen LogP contribution in [0, 0.1) is 0 Å². The summed E-state index contributed by atoms with van der Waals surface area (Å²) < 4.78 is 4.97. The predicted octanol–water partition coefficient (Wildman–Crippen LogP) is 4.46. The zero-order valence-corrected chi connectivity index (χ0v) is 17.8. The van der Waals surface area contributed by atoms with Crippen molar-refractivity contribution in [3.05, 3.63) is 28.8 Å². The normalized spacial score (nSPS) is 17.4. The minimum absolute atomic E-state index is 0.319. The molecule has 0 unspecified atom stereocenters. The van der Waals surface area contributed by atoms with Gasteiger partial charge in [0.25, 0.3) is 0 Å². The number of halogens is 1. The molecule has 2 N–H and O–H groups in total. The van der Waals surface area contributed by atoms with Crippen LogP contribution in [0.1, 0.15) is 56.3 Å². The molecule has 1 atom stereocenters. The monoisotopic (exact) mass is 411 g/mol. The summed E-state index contributed by atoms with van der Waals surface area (Å²) in [5.74, 6) is -0.419. The van der Waals surface area contributed by atoms with Crippen LogP contribution in [0.2, 0.25) is 5.02 Å². The van der Waals surface area contributed by atoms with Crippen LogP contribution >= 0.6 is 23.8 Å². The summed E-state index contributed by atoms with van der Waals surface area (Å²) in [6.07, 6.45) is 6.29. The fourth-order valence-corrected chi connectivity index (χ4v) is 3.92. The van der Waals surface area contributed by atoms with E-state index in [4.69, 9.17) is 28.6 Å². The molecule has 0 bridgehead atoms. The van der Waals surface area contributed by atoms with E-state index in [-0.39, 0.29) is 0 Å². The first-order valence-electron chi connectivity index (χ1n) is 9.80. The summed E-state index contributed by atoms with van der Waals surface area (Å²) in [5, 5.41) is 7.25. The Balaban J connectivity index is 1.74. The molecule has 1 heterocycles. The molecule has 1 fully saturated rings. The van der Waals surface area contributed by atoms with Crippen molar-refractivity contribution in [1.29, 1.82) is 0 Å². The van der Waals surface area contributed by atoms with Crippen molar-refractivity contribution in [1.82, 2.24) is 10.2 Å². The highest BCUT2D eigenvalue weighted by Crippen LogP contribution is 2.22. The summed E-state index contributed by atoms with van der Waals surface area (Å²) in [5.41, 5.74) is 1.10. The highest BCUT2D eigenvalue weighted by Gasteiger charge is 2.19. The maximum absolute atomic E-state index is 11.8.